The van der Waals surface area contributed by atoms with Gasteiger partial charge >= 0.3 is 0 Å². The average molecular weight is 270 g/mol. The molecule has 1 aromatic heterocycles. The summed E-state index contributed by atoms with van der Waals surface area (Å²) in [6.07, 6.45) is -0.384. The van der Waals surface area contributed by atoms with Crippen molar-refractivity contribution in [2.24, 2.45) is 0 Å². The van der Waals surface area contributed by atoms with Gasteiger partial charge in [-0.25, -0.2) is 4.98 Å². The van der Waals surface area contributed by atoms with Crippen molar-refractivity contribution in [2.45, 2.75) is 13.0 Å². The van der Waals surface area contributed by atoms with Crippen LogP contribution in [0.1, 0.15) is 6.92 Å². The summed E-state index contributed by atoms with van der Waals surface area (Å²) in [7, 11) is 0. The molecule has 0 fully saturated rings. The van der Waals surface area contributed by atoms with Crippen molar-refractivity contribution in [1.29, 1.82) is 0 Å². The maximum absolute atomic E-state index is 9.12. The molecule has 2 rings (SSSR count). The first kappa shape index (κ1) is 10.4. The first-order chi connectivity index (χ1) is 7.15. The highest BCUT2D eigenvalue weighted by Crippen LogP contribution is 2.19. The minimum atomic E-state index is -0.384. The Morgan fingerprint density at radius 3 is 3.13 bits per heavy atom. The average Bonchev–Trinajstić information content (AvgIpc) is 2.56. The predicted octanol–water partition coefficient (Wildman–Crippen LogP) is 2.12. The van der Waals surface area contributed by atoms with Gasteiger partial charge in [-0.05, 0) is 25.1 Å². The van der Waals surface area contributed by atoms with Crippen molar-refractivity contribution in [2.75, 3.05) is 11.9 Å². The zero-order chi connectivity index (χ0) is 10.8. The van der Waals surface area contributed by atoms with Crippen LogP contribution in [0.5, 0.6) is 0 Å². The summed E-state index contributed by atoms with van der Waals surface area (Å²) in [5, 5.41) is 12.1. The number of nitrogens with one attached hydrogen (secondary N) is 2. The minimum Gasteiger partial charge on any atom is -0.392 e. The lowest BCUT2D eigenvalue weighted by Gasteiger charge is -2.03. The number of hydrogen-bond donors (Lipinski definition) is 3. The zero-order valence-corrected chi connectivity index (χ0v) is 9.87. The summed E-state index contributed by atoms with van der Waals surface area (Å²) in [5.74, 6) is 0.684. The van der Waals surface area contributed by atoms with Gasteiger partial charge in [0.2, 0.25) is 5.95 Å². The molecule has 15 heavy (non-hydrogen) atoms. The molecule has 4 nitrogen and oxygen atoms in total. The van der Waals surface area contributed by atoms with Crippen molar-refractivity contribution < 1.29 is 5.11 Å². The standard InChI is InChI=1S/C10H12BrN3O/c1-6(15)5-12-10-13-8-3-2-7(11)4-9(8)14-10/h2-4,6,15H,5H2,1H3,(H2,12,13,14). The Labute approximate surface area is 95.8 Å². The molecule has 1 aromatic carbocycles. The van der Waals surface area contributed by atoms with E-state index in [2.05, 4.69) is 31.2 Å². The number of hydrogen-bond acceptors (Lipinski definition) is 3. The Hall–Kier alpha value is -1.07. The van der Waals surface area contributed by atoms with E-state index in [9.17, 15) is 0 Å². The number of anilines is 1. The zero-order valence-electron chi connectivity index (χ0n) is 8.29. The van der Waals surface area contributed by atoms with Gasteiger partial charge in [-0.2, -0.15) is 0 Å². The lowest BCUT2D eigenvalue weighted by Crippen LogP contribution is -2.15. The third-order valence-corrected chi connectivity index (χ3v) is 2.50. The molecule has 0 spiro atoms. The van der Waals surface area contributed by atoms with Crippen LogP contribution in [-0.4, -0.2) is 27.7 Å². The molecule has 0 aliphatic rings. The van der Waals surface area contributed by atoms with Crippen LogP contribution in [0.2, 0.25) is 0 Å². The van der Waals surface area contributed by atoms with Crippen molar-refractivity contribution in [3.05, 3.63) is 22.7 Å². The maximum atomic E-state index is 9.12. The molecular weight excluding hydrogens is 258 g/mol. The molecule has 0 saturated carbocycles. The second kappa shape index (κ2) is 4.20. The Balaban J connectivity index is 2.23. The third-order valence-electron chi connectivity index (χ3n) is 2.01. The largest absolute Gasteiger partial charge is 0.392 e. The second-order valence-corrected chi connectivity index (χ2v) is 4.39. The lowest BCUT2D eigenvalue weighted by molar-refractivity contribution is 0.208. The Morgan fingerprint density at radius 2 is 2.40 bits per heavy atom. The highest BCUT2D eigenvalue weighted by Gasteiger charge is 2.03. The van der Waals surface area contributed by atoms with E-state index in [0.29, 0.717) is 12.5 Å². The quantitative estimate of drug-likeness (QED) is 0.800. The number of fused-ring (bicyclic) bond motifs is 1. The summed E-state index contributed by atoms with van der Waals surface area (Å²) in [6.45, 7) is 2.22. The summed E-state index contributed by atoms with van der Waals surface area (Å²) in [4.78, 5) is 7.46. The number of imidazole rings is 1. The van der Waals surface area contributed by atoms with Gasteiger partial charge in [0, 0.05) is 11.0 Å². The van der Waals surface area contributed by atoms with E-state index in [-0.39, 0.29) is 6.10 Å². The number of benzene rings is 1. The predicted molar refractivity (Wildman–Crippen MR) is 64.0 cm³/mol. The van der Waals surface area contributed by atoms with Crippen LogP contribution in [0, 0.1) is 0 Å². The summed E-state index contributed by atoms with van der Waals surface area (Å²) in [6, 6.07) is 5.85. The monoisotopic (exact) mass is 269 g/mol. The van der Waals surface area contributed by atoms with Crippen LogP contribution in [0.25, 0.3) is 11.0 Å². The SMILES string of the molecule is CC(O)CNc1nc2ccc(Br)cc2[nH]1. The smallest absolute Gasteiger partial charge is 0.201 e. The number of H-pyrrole nitrogens is 1. The number of aliphatic hydroxyl groups excluding tert-OH is 1. The van der Waals surface area contributed by atoms with Gasteiger partial charge in [-0.3, -0.25) is 0 Å². The van der Waals surface area contributed by atoms with E-state index in [1.807, 2.05) is 18.2 Å². The van der Waals surface area contributed by atoms with Gasteiger partial charge in [0.25, 0.3) is 0 Å². The lowest BCUT2D eigenvalue weighted by atomic mass is 10.3. The number of aromatic nitrogens is 2. The number of halogens is 1. The van der Waals surface area contributed by atoms with Crippen LogP contribution >= 0.6 is 15.9 Å². The molecule has 0 aliphatic carbocycles. The molecule has 80 valence electrons. The minimum absolute atomic E-state index is 0.384. The molecule has 5 heteroatoms. The fourth-order valence-electron chi connectivity index (χ4n) is 1.31. The van der Waals surface area contributed by atoms with Gasteiger partial charge in [0.1, 0.15) is 0 Å². The van der Waals surface area contributed by atoms with E-state index >= 15 is 0 Å². The number of aromatic amines is 1. The van der Waals surface area contributed by atoms with Crippen LogP contribution in [-0.2, 0) is 0 Å². The highest BCUT2D eigenvalue weighted by molar-refractivity contribution is 9.10. The van der Waals surface area contributed by atoms with E-state index in [1.54, 1.807) is 6.92 Å². The number of rotatable bonds is 3. The van der Waals surface area contributed by atoms with E-state index in [4.69, 9.17) is 5.11 Å². The number of nitrogens with zero attached hydrogens (tertiary/aromatic N) is 1. The van der Waals surface area contributed by atoms with Crippen LogP contribution in [0.3, 0.4) is 0 Å². The van der Waals surface area contributed by atoms with Crippen LogP contribution < -0.4 is 5.32 Å². The fourth-order valence-corrected chi connectivity index (χ4v) is 1.67. The Kier molecular flexibility index (Phi) is 2.93. The molecule has 2 aromatic rings. The summed E-state index contributed by atoms with van der Waals surface area (Å²) in [5.41, 5.74) is 1.88. The molecule has 0 saturated heterocycles. The van der Waals surface area contributed by atoms with Crippen molar-refractivity contribution in [3.63, 3.8) is 0 Å². The van der Waals surface area contributed by atoms with Gasteiger partial charge in [-0.1, -0.05) is 15.9 Å². The molecule has 1 heterocycles. The molecule has 0 bridgehead atoms. The second-order valence-electron chi connectivity index (χ2n) is 3.48. The molecule has 1 atom stereocenters. The van der Waals surface area contributed by atoms with Crippen molar-refractivity contribution in [1.82, 2.24) is 9.97 Å². The van der Waals surface area contributed by atoms with Crippen molar-refractivity contribution in [3.8, 4) is 0 Å². The molecule has 1 unspecified atom stereocenters. The van der Waals surface area contributed by atoms with Gasteiger partial charge < -0.3 is 15.4 Å². The van der Waals surface area contributed by atoms with E-state index in [0.717, 1.165) is 15.5 Å². The first-order valence-corrected chi connectivity index (χ1v) is 5.51. The topological polar surface area (TPSA) is 60.9 Å². The van der Waals surface area contributed by atoms with Gasteiger partial charge in [0.15, 0.2) is 0 Å². The summed E-state index contributed by atoms with van der Waals surface area (Å²) < 4.78 is 1.01. The Morgan fingerprint density at radius 1 is 1.60 bits per heavy atom. The highest BCUT2D eigenvalue weighted by atomic mass is 79.9. The van der Waals surface area contributed by atoms with Gasteiger partial charge in [0.05, 0.1) is 17.1 Å². The summed E-state index contributed by atoms with van der Waals surface area (Å²) >= 11 is 3.40. The molecular formula is C10H12BrN3O. The third kappa shape index (κ3) is 2.49. The Bertz CT molecular complexity index is 467. The molecule has 0 radical (unpaired) electrons. The molecule has 0 amide bonds. The van der Waals surface area contributed by atoms with Crippen LogP contribution in [0.15, 0.2) is 22.7 Å². The maximum Gasteiger partial charge on any atom is 0.201 e. The first-order valence-electron chi connectivity index (χ1n) is 4.72. The van der Waals surface area contributed by atoms with E-state index < -0.39 is 0 Å². The van der Waals surface area contributed by atoms with Crippen molar-refractivity contribution >= 4 is 32.9 Å². The molecule has 0 aliphatic heterocycles. The molecule has 3 N–H and O–H groups in total. The van der Waals surface area contributed by atoms with E-state index in [1.165, 1.54) is 0 Å². The number of aliphatic hydroxyl groups is 1. The fraction of sp³-hybridized carbons (Fsp3) is 0.300. The van der Waals surface area contributed by atoms with Gasteiger partial charge in [-0.15, -0.1) is 0 Å². The normalized spacial score (nSPS) is 13.0. The van der Waals surface area contributed by atoms with Crippen LogP contribution in [0.4, 0.5) is 5.95 Å².